The lowest BCUT2D eigenvalue weighted by molar-refractivity contribution is 0.0979. The summed E-state index contributed by atoms with van der Waals surface area (Å²) >= 11 is 0. The minimum absolute atomic E-state index is 0.0449. The van der Waals surface area contributed by atoms with E-state index in [0.29, 0.717) is 22.4 Å². The molecule has 0 bridgehead atoms. The third kappa shape index (κ3) is 4.75. The molecule has 1 atom stereocenters. The molecular formula is C25H28O6. The van der Waals surface area contributed by atoms with Gasteiger partial charge in [-0.05, 0) is 63.1 Å². The number of rotatable bonds is 7. The molecule has 6 nitrogen and oxygen atoms in total. The second kappa shape index (κ2) is 8.47. The third-order valence-corrected chi connectivity index (χ3v) is 5.43. The van der Waals surface area contributed by atoms with Gasteiger partial charge in [0.05, 0.1) is 17.2 Å². The molecule has 3 rings (SSSR count). The quantitative estimate of drug-likeness (QED) is 0.390. The van der Waals surface area contributed by atoms with Gasteiger partial charge in [0.2, 0.25) is 0 Å². The van der Waals surface area contributed by atoms with Crippen LogP contribution in [0.5, 0.6) is 23.0 Å². The Hall–Kier alpha value is -3.25. The van der Waals surface area contributed by atoms with Crippen LogP contribution in [0, 0.1) is 0 Å². The topological polar surface area (TPSA) is 107 Å². The summed E-state index contributed by atoms with van der Waals surface area (Å²) in [5.41, 5.74) is 1.36. The highest BCUT2D eigenvalue weighted by Gasteiger charge is 2.25. The Morgan fingerprint density at radius 3 is 2.52 bits per heavy atom. The molecule has 164 valence electrons. The van der Waals surface area contributed by atoms with Crippen LogP contribution in [0.4, 0.5) is 0 Å². The molecule has 1 heterocycles. The van der Waals surface area contributed by atoms with Crippen LogP contribution >= 0.6 is 0 Å². The van der Waals surface area contributed by atoms with Gasteiger partial charge in [-0.1, -0.05) is 18.2 Å². The van der Waals surface area contributed by atoms with E-state index in [1.54, 1.807) is 19.1 Å². The summed E-state index contributed by atoms with van der Waals surface area (Å²) in [5.74, 6) is -0.238. The summed E-state index contributed by atoms with van der Waals surface area (Å²) in [6.07, 6.45) is 2.98. The van der Waals surface area contributed by atoms with Crippen LogP contribution in [0.25, 0.3) is 6.08 Å². The van der Waals surface area contributed by atoms with Crippen LogP contribution in [-0.2, 0) is 12.8 Å². The fourth-order valence-electron chi connectivity index (χ4n) is 3.49. The highest BCUT2D eigenvalue weighted by Crippen LogP contribution is 2.39. The highest BCUT2D eigenvalue weighted by atomic mass is 16.5. The first kappa shape index (κ1) is 22.4. The van der Waals surface area contributed by atoms with Crippen molar-refractivity contribution in [2.24, 2.45) is 0 Å². The average Bonchev–Trinajstić information content (AvgIpc) is 2.69. The molecule has 2 aromatic rings. The van der Waals surface area contributed by atoms with Gasteiger partial charge in [0, 0.05) is 18.4 Å². The van der Waals surface area contributed by atoms with Gasteiger partial charge in [-0.15, -0.1) is 0 Å². The molecule has 0 amide bonds. The number of carbonyl (C=O) groups excluding carboxylic acids is 1. The number of aryl methyl sites for hydroxylation is 1. The van der Waals surface area contributed by atoms with E-state index in [-0.39, 0.29) is 53.4 Å². The normalized spacial score (nSPS) is 15.1. The van der Waals surface area contributed by atoms with Gasteiger partial charge in [-0.25, -0.2) is 0 Å². The number of carbonyl (C=O) groups is 1. The number of hydrogen-bond donors (Lipinski definition) is 4. The Morgan fingerprint density at radius 2 is 1.84 bits per heavy atom. The first-order chi connectivity index (χ1) is 14.5. The molecule has 0 spiro atoms. The monoisotopic (exact) mass is 424 g/mol. The van der Waals surface area contributed by atoms with Crippen LogP contribution in [-0.4, -0.2) is 37.9 Å². The minimum atomic E-state index is -0.949. The van der Waals surface area contributed by atoms with E-state index in [4.69, 9.17) is 4.74 Å². The number of phenols is 3. The fourth-order valence-corrected chi connectivity index (χ4v) is 3.49. The summed E-state index contributed by atoms with van der Waals surface area (Å²) in [7, 11) is 0. The number of Topliss-reactive ketones (excluding diaryl/α,β-unsaturated/α-hetero) is 1. The van der Waals surface area contributed by atoms with E-state index < -0.39 is 11.7 Å². The first-order valence-electron chi connectivity index (χ1n) is 10.1. The largest absolute Gasteiger partial charge is 0.508 e. The van der Waals surface area contributed by atoms with Crippen molar-refractivity contribution in [3.63, 3.8) is 0 Å². The number of ketones is 1. The number of aliphatic hydroxyl groups excluding tert-OH is 1. The molecule has 1 unspecified atom stereocenters. The maximum absolute atomic E-state index is 12.8. The molecule has 0 radical (unpaired) electrons. The van der Waals surface area contributed by atoms with Gasteiger partial charge in [-0.3, -0.25) is 4.79 Å². The zero-order chi connectivity index (χ0) is 22.9. The van der Waals surface area contributed by atoms with E-state index in [1.165, 1.54) is 12.1 Å². The SMILES string of the molecule is C=C(C)C(O)Cc1c(O)ccc(C(=O)CCc2ccc3c(c2O)C=CC(C)(C)O3)c1O. The lowest BCUT2D eigenvalue weighted by Crippen LogP contribution is -2.27. The van der Waals surface area contributed by atoms with Crippen LogP contribution in [0.3, 0.4) is 0 Å². The van der Waals surface area contributed by atoms with Gasteiger partial charge < -0.3 is 25.2 Å². The van der Waals surface area contributed by atoms with Crippen LogP contribution in [0.15, 0.2) is 42.5 Å². The number of aliphatic hydroxyl groups is 1. The zero-order valence-corrected chi connectivity index (χ0v) is 18.0. The molecule has 0 aromatic heterocycles. The zero-order valence-electron chi connectivity index (χ0n) is 18.0. The number of hydrogen-bond acceptors (Lipinski definition) is 6. The molecule has 1 aliphatic rings. The molecule has 2 aromatic carbocycles. The van der Waals surface area contributed by atoms with Crippen molar-refractivity contribution >= 4 is 11.9 Å². The minimum Gasteiger partial charge on any atom is -0.508 e. The molecule has 0 saturated carbocycles. The lowest BCUT2D eigenvalue weighted by atomic mass is 9.94. The van der Waals surface area contributed by atoms with E-state index in [0.717, 1.165) is 0 Å². The van der Waals surface area contributed by atoms with E-state index in [2.05, 4.69) is 6.58 Å². The molecule has 4 N–H and O–H groups in total. The van der Waals surface area contributed by atoms with Gasteiger partial charge >= 0.3 is 0 Å². The molecular weight excluding hydrogens is 396 g/mol. The van der Waals surface area contributed by atoms with Crippen LogP contribution < -0.4 is 4.74 Å². The van der Waals surface area contributed by atoms with Crippen molar-refractivity contribution in [3.8, 4) is 23.0 Å². The van der Waals surface area contributed by atoms with Gasteiger partial charge in [0.25, 0.3) is 0 Å². The Morgan fingerprint density at radius 1 is 1.13 bits per heavy atom. The van der Waals surface area contributed by atoms with Crippen molar-refractivity contribution < 1.29 is 30.0 Å². The molecule has 0 saturated heterocycles. The predicted molar refractivity (Wildman–Crippen MR) is 119 cm³/mol. The first-order valence-corrected chi connectivity index (χ1v) is 10.1. The lowest BCUT2D eigenvalue weighted by Gasteiger charge is -2.28. The molecule has 0 aliphatic carbocycles. The van der Waals surface area contributed by atoms with E-state index in [9.17, 15) is 25.2 Å². The van der Waals surface area contributed by atoms with Crippen LogP contribution in [0.2, 0.25) is 0 Å². The molecule has 1 aliphatic heterocycles. The summed E-state index contributed by atoms with van der Waals surface area (Å²) in [5, 5.41) is 41.2. The number of aromatic hydroxyl groups is 3. The average molecular weight is 424 g/mol. The van der Waals surface area contributed by atoms with Crippen molar-refractivity contribution in [2.75, 3.05) is 0 Å². The summed E-state index contributed by atoms with van der Waals surface area (Å²) < 4.78 is 5.84. The fraction of sp³-hybridized carbons (Fsp3) is 0.320. The highest BCUT2D eigenvalue weighted by molar-refractivity contribution is 5.99. The second-order valence-electron chi connectivity index (χ2n) is 8.47. The number of ether oxygens (including phenoxy) is 1. The Kier molecular flexibility index (Phi) is 6.13. The smallest absolute Gasteiger partial charge is 0.166 e. The van der Waals surface area contributed by atoms with Crippen LogP contribution in [0.1, 0.15) is 54.2 Å². The van der Waals surface area contributed by atoms with Gasteiger partial charge in [0.15, 0.2) is 5.78 Å². The standard InChI is InChI=1S/C25H28O6/c1-14(2)21(28)13-18-20(27)9-7-16(24(18)30)19(26)8-5-15-6-10-22-17(23(15)29)11-12-25(3,4)31-22/h6-7,9-12,21,27-30H,1,5,8,13H2,2-4H3. The summed E-state index contributed by atoms with van der Waals surface area (Å²) in [6, 6.07) is 6.18. The maximum Gasteiger partial charge on any atom is 0.166 e. The van der Waals surface area contributed by atoms with Crippen molar-refractivity contribution in [1.82, 2.24) is 0 Å². The van der Waals surface area contributed by atoms with Gasteiger partial charge in [0.1, 0.15) is 28.6 Å². The van der Waals surface area contributed by atoms with Crippen molar-refractivity contribution in [2.45, 2.75) is 51.7 Å². The third-order valence-electron chi connectivity index (χ3n) is 5.43. The maximum atomic E-state index is 12.8. The van der Waals surface area contributed by atoms with Gasteiger partial charge in [-0.2, -0.15) is 0 Å². The van der Waals surface area contributed by atoms with Crippen molar-refractivity contribution in [3.05, 3.63) is 64.7 Å². The summed E-state index contributed by atoms with van der Waals surface area (Å²) in [4.78, 5) is 12.8. The predicted octanol–water partition coefficient (Wildman–Crippen LogP) is 4.28. The molecule has 0 fully saturated rings. The Balaban J connectivity index is 1.78. The summed E-state index contributed by atoms with van der Waals surface area (Å²) in [6.45, 7) is 9.14. The van der Waals surface area contributed by atoms with E-state index >= 15 is 0 Å². The Labute approximate surface area is 181 Å². The number of fused-ring (bicyclic) bond motifs is 1. The molecule has 31 heavy (non-hydrogen) atoms. The number of phenolic OH excluding ortho intramolecular Hbond substituents is 3. The Bertz CT molecular complexity index is 1060. The van der Waals surface area contributed by atoms with Crippen molar-refractivity contribution in [1.29, 1.82) is 0 Å². The van der Waals surface area contributed by atoms with E-state index in [1.807, 2.05) is 26.0 Å². The molecule has 6 heteroatoms. The second-order valence-corrected chi connectivity index (χ2v) is 8.47. The number of benzene rings is 2.